The van der Waals surface area contributed by atoms with Crippen LogP contribution in [0.5, 0.6) is 0 Å². The first kappa shape index (κ1) is 18.8. The van der Waals surface area contributed by atoms with Gasteiger partial charge in [-0.05, 0) is 24.3 Å². The zero-order valence-electron chi connectivity index (χ0n) is 9.33. The Morgan fingerprint density at radius 3 is 0.650 bits per heavy atom. The average Bonchev–Trinajstić information content (AvgIpc) is 2.45. The van der Waals surface area contributed by atoms with Gasteiger partial charge in [-0.2, -0.15) is 0 Å². The second kappa shape index (κ2) is 8.41. The summed E-state index contributed by atoms with van der Waals surface area (Å²) in [5.74, 6) is 0. The first-order valence-corrected chi connectivity index (χ1v) is 7.86. The van der Waals surface area contributed by atoms with Crippen molar-refractivity contribution in [2.75, 3.05) is 0 Å². The van der Waals surface area contributed by atoms with Gasteiger partial charge in [0.05, 0.1) is 30.1 Å². The van der Waals surface area contributed by atoms with E-state index in [1.54, 1.807) is 24.3 Å². The highest BCUT2D eigenvalue weighted by molar-refractivity contribution is 6.59. The van der Waals surface area contributed by atoms with Crippen LogP contribution in [0.1, 0.15) is 0 Å². The van der Waals surface area contributed by atoms with Crippen LogP contribution >= 0.6 is 92.8 Å². The van der Waals surface area contributed by atoms with Crippen molar-refractivity contribution in [3.05, 3.63) is 64.4 Å². The molecule has 2 rings (SSSR count). The van der Waals surface area contributed by atoms with Crippen LogP contribution in [-0.4, -0.2) is 0 Å². The molecule has 0 aliphatic heterocycles. The molecule has 0 N–H and O–H groups in total. The lowest BCUT2D eigenvalue weighted by atomic mass is 10.3. The summed E-state index contributed by atoms with van der Waals surface area (Å²) < 4.78 is 0. The van der Waals surface area contributed by atoms with Gasteiger partial charge < -0.3 is 0 Å². The summed E-state index contributed by atoms with van der Waals surface area (Å²) in [6.45, 7) is 0. The Kier molecular flexibility index (Phi) is 7.91. The third-order valence-electron chi connectivity index (χ3n) is 1.96. The van der Waals surface area contributed by atoms with Crippen molar-refractivity contribution in [1.29, 1.82) is 0 Å². The highest BCUT2D eigenvalue weighted by Gasteiger charge is 2.17. The summed E-state index contributed by atoms with van der Waals surface area (Å²) >= 11 is 45.1. The topological polar surface area (TPSA) is 0 Å². The molecule has 0 radical (unpaired) electrons. The van der Waals surface area contributed by atoms with E-state index in [2.05, 4.69) is 0 Å². The van der Waals surface area contributed by atoms with Crippen LogP contribution in [-0.2, 0) is 0 Å². The van der Waals surface area contributed by atoms with Crippen LogP contribution in [0.15, 0.2) is 24.3 Å². The molecule has 0 aliphatic rings. The van der Waals surface area contributed by atoms with Crippen molar-refractivity contribution in [3.63, 3.8) is 0 Å². The summed E-state index contributed by atoms with van der Waals surface area (Å²) in [6.07, 6.45) is 0. The summed E-state index contributed by atoms with van der Waals surface area (Å²) in [4.78, 5) is 0. The minimum absolute atomic E-state index is 0.109. The van der Waals surface area contributed by atoms with E-state index in [1.807, 2.05) is 0 Å². The van der Waals surface area contributed by atoms with Crippen molar-refractivity contribution in [3.8, 4) is 0 Å². The largest absolute Gasteiger partial charge is 0.0843 e. The molecule has 0 heterocycles. The summed E-state index contributed by atoms with van der Waals surface area (Å²) in [5.41, 5.74) is 0. The van der Waals surface area contributed by atoms with E-state index in [0.29, 0.717) is 0 Å². The Bertz CT molecular complexity index is 480. The smallest absolute Gasteiger partial charge is 0.0810 e. The molecule has 20 heavy (non-hydrogen) atoms. The Labute approximate surface area is 156 Å². The van der Waals surface area contributed by atoms with Gasteiger partial charge in [0, 0.05) is 10.0 Å². The van der Waals surface area contributed by atoms with Gasteiger partial charge in [0.15, 0.2) is 0 Å². The maximum Gasteiger partial charge on any atom is 0.0810 e. The minimum Gasteiger partial charge on any atom is -0.0843 e. The number of benzene rings is 2. The van der Waals surface area contributed by atoms with E-state index in [1.165, 1.54) is 0 Å². The summed E-state index contributed by atoms with van der Waals surface area (Å²) in [5, 5.41) is 2.09. The van der Waals surface area contributed by atoms with Crippen LogP contribution < -0.4 is 0 Å². The van der Waals surface area contributed by atoms with Crippen LogP contribution in [0.2, 0.25) is 40.2 Å². The predicted octanol–water partition coefficient (Wildman–Crippen LogP) is 8.60. The predicted molar refractivity (Wildman–Crippen MR) is 93.0 cm³/mol. The standard InChI is InChI=1S/C6Cl6.C6H4Cl2/c7-1-2(8)4(10)6(12)5(11)3(1)9;7-5-1-2-6(8)4-3-5/h;1-4H. The molecule has 108 valence electrons. The molecular formula is C12H4Cl8. The molecule has 0 nitrogen and oxygen atoms in total. The monoisotopic (exact) mass is 428 g/mol. The minimum atomic E-state index is 0.109. The van der Waals surface area contributed by atoms with Crippen molar-refractivity contribution in [1.82, 2.24) is 0 Å². The van der Waals surface area contributed by atoms with Gasteiger partial charge in [0.1, 0.15) is 0 Å². The maximum atomic E-state index is 5.67. The molecule has 0 aromatic heterocycles. The normalized spacial score (nSPS) is 10.0. The van der Waals surface area contributed by atoms with Gasteiger partial charge in [0.2, 0.25) is 0 Å². The molecule has 0 bridgehead atoms. The van der Waals surface area contributed by atoms with Crippen LogP contribution in [0, 0.1) is 0 Å². The summed E-state index contributed by atoms with van der Waals surface area (Å²) in [6, 6.07) is 7.02. The molecule has 0 saturated heterocycles. The molecule has 0 fully saturated rings. The van der Waals surface area contributed by atoms with Crippen molar-refractivity contribution in [2.24, 2.45) is 0 Å². The third kappa shape index (κ3) is 4.90. The fourth-order valence-corrected chi connectivity index (χ4v) is 2.68. The van der Waals surface area contributed by atoms with Crippen LogP contribution in [0.25, 0.3) is 0 Å². The van der Waals surface area contributed by atoms with E-state index >= 15 is 0 Å². The number of hydrogen-bond donors (Lipinski definition) is 0. The number of hydrogen-bond acceptors (Lipinski definition) is 0. The lowest BCUT2D eigenvalue weighted by Crippen LogP contribution is -1.79. The zero-order chi connectivity index (χ0) is 15.4. The van der Waals surface area contributed by atoms with E-state index in [4.69, 9.17) is 92.8 Å². The lowest BCUT2D eigenvalue weighted by Gasteiger charge is -2.06. The molecule has 0 amide bonds. The maximum absolute atomic E-state index is 5.67. The van der Waals surface area contributed by atoms with Crippen molar-refractivity contribution < 1.29 is 0 Å². The molecule has 0 saturated carbocycles. The zero-order valence-corrected chi connectivity index (χ0v) is 15.4. The number of rotatable bonds is 0. The highest BCUT2D eigenvalue weighted by atomic mass is 35.5. The molecule has 0 aliphatic carbocycles. The van der Waals surface area contributed by atoms with Crippen molar-refractivity contribution >= 4 is 92.8 Å². The van der Waals surface area contributed by atoms with Gasteiger partial charge in [-0.15, -0.1) is 0 Å². The molecule has 8 heteroatoms. The average molecular weight is 432 g/mol. The first-order chi connectivity index (χ1) is 9.25. The van der Waals surface area contributed by atoms with Gasteiger partial charge in [-0.25, -0.2) is 0 Å². The molecule has 0 atom stereocenters. The number of halogens is 8. The molecule has 2 aromatic rings. The second-order valence-corrected chi connectivity index (χ2v) is 6.46. The Morgan fingerprint density at radius 1 is 0.350 bits per heavy atom. The van der Waals surface area contributed by atoms with E-state index in [0.717, 1.165) is 10.0 Å². The second-order valence-electron chi connectivity index (χ2n) is 3.32. The van der Waals surface area contributed by atoms with Crippen molar-refractivity contribution in [2.45, 2.75) is 0 Å². The fraction of sp³-hybridized carbons (Fsp3) is 0. The van der Waals surface area contributed by atoms with Crippen LogP contribution in [0.4, 0.5) is 0 Å². The molecule has 0 unspecified atom stereocenters. The van der Waals surface area contributed by atoms with E-state index in [-0.39, 0.29) is 30.1 Å². The van der Waals surface area contributed by atoms with Crippen LogP contribution in [0.3, 0.4) is 0 Å². The Morgan fingerprint density at radius 2 is 0.500 bits per heavy atom. The highest BCUT2D eigenvalue weighted by Crippen LogP contribution is 2.46. The third-order valence-corrected chi connectivity index (χ3v) is 5.31. The van der Waals surface area contributed by atoms with Gasteiger partial charge in [-0.3, -0.25) is 0 Å². The van der Waals surface area contributed by atoms with E-state index in [9.17, 15) is 0 Å². The summed E-state index contributed by atoms with van der Waals surface area (Å²) in [7, 11) is 0. The quantitative estimate of drug-likeness (QED) is 0.289. The first-order valence-electron chi connectivity index (χ1n) is 4.83. The Hall–Kier alpha value is 0.760. The molecular weight excluding hydrogens is 428 g/mol. The van der Waals surface area contributed by atoms with Gasteiger partial charge in [0.25, 0.3) is 0 Å². The van der Waals surface area contributed by atoms with E-state index < -0.39 is 0 Å². The molecule has 0 spiro atoms. The lowest BCUT2D eigenvalue weighted by molar-refractivity contribution is 1.69. The van der Waals surface area contributed by atoms with Gasteiger partial charge in [-0.1, -0.05) is 92.8 Å². The fourth-order valence-electron chi connectivity index (χ4n) is 1.01. The van der Waals surface area contributed by atoms with Gasteiger partial charge >= 0.3 is 0 Å². The SMILES string of the molecule is Clc1c(Cl)c(Cl)c(Cl)c(Cl)c1Cl.Clc1ccc(Cl)cc1. The Balaban J connectivity index is 0.000000217. The molecule has 2 aromatic carbocycles.